The largest absolute Gasteiger partial charge is 0.373 e. The number of fused-ring (bicyclic) bond motifs is 1. The van der Waals surface area contributed by atoms with E-state index in [1.165, 1.54) is 11.1 Å². The molecule has 0 atom stereocenters. The molecule has 0 aliphatic carbocycles. The summed E-state index contributed by atoms with van der Waals surface area (Å²) in [7, 11) is 1.91. The minimum absolute atomic E-state index is 0.588. The van der Waals surface area contributed by atoms with Gasteiger partial charge < -0.3 is 5.32 Å². The summed E-state index contributed by atoms with van der Waals surface area (Å²) in [6.07, 6.45) is 1.64. The zero-order valence-corrected chi connectivity index (χ0v) is 18.3. The van der Waals surface area contributed by atoms with Crippen LogP contribution >= 0.6 is 0 Å². The van der Waals surface area contributed by atoms with Crippen LogP contribution in [0.5, 0.6) is 0 Å². The molecule has 0 saturated carbocycles. The summed E-state index contributed by atoms with van der Waals surface area (Å²) in [6.45, 7) is 4.15. The maximum Gasteiger partial charge on any atom is 0.205 e. The van der Waals surface area contributed by atoms with Gasteiger partial charge in [-0.3, -0.25) is 0 Å². The molecule has 2 N–H and O–H groups in total. The summed E-state index contributed by atoms with van der Waals surface area (Å²) < 4.78 is 1.91. The van der Waals surface area contributed by atoms with Gasteiger partial charge in [0.2, 0.25) is 5.82 Å². The average Bonchev–Trinajstić information content (AvgIpc) is 3.48. The quantitative estimate of drug-likeness (QED) is 0.426. The maximum atomic E-state index is 4.81. The van der Waals surface area contributed by atoms with E-state index in [9.17, 15) is 0 Å². The van der Waals surface area contributed by atoms with Crippen molar-refractivity contribution < 1.29 is 0 Å². The molecule has 3 heterocycles. The molecular formula is C24H24N8. The molecule has 0 radical (unpaired) electrons. The summed E-state index contributed by atoms with van der Waals surface area (Å²) in [4.78, 5) is 4.79. The van der Waals surface area contributed by atoms with E-state index in [4.69, 9.17) is 10.1 Å². The lowest BCUT2D eigenvalue weighted by atomic mass is 9.96. The fourth-order valence-electron chi connectivity index (χ4n) is 4.08. The van der Waals surface area contributed by atoms with Crippen LogP contribution in [0.3, 0.4) is 0 Å². The van der Waals surface area contributed by atoms with E-state index in [2.05, 4.69) is 63.2 Å². The van der Waals surface area contributed by atoms with Crippen molar-refractivity contribution in [2.75, 3.05) is 12.4 Å². The molecule has 3 aromatic heterocycles. The molecule has 0 spiro atoms. The monoisotopic (exact) mass is 424 g/mol. The Morgan fingerprint density at radius 1 is 1.03 bits per heavy atom. The summed E-state index contributed by atoms with van der Waals surface area (Å²) in [5.41, 5.74) is 8.47. The van der Waals surface area contributed by atoms with Gasteiger partial charge in [-0.05, 0) is 35.2 Å². The Morgan fingerprint density at radius 2 is 1.81 bits per heavy atom. The highest BCUT2D eigenvalue weighted by atomic mass is 15.5. The first kappa shape index (κ1) is 19.9. The molecule has 0 aliphatic heterocycles. The van der Waals surface area contributed by atoms with Crippen LogP contribution < -0.4 is 5.32 Å². The van der Waals surface area contributed by atoms with Crippen molar-refractivity contribution in [3.8, 4) is 22.5 Å². The lowest BCUT2D eigenvalue weighted by Crippen LogP contribution is -2.02. The first-order valence-electron chi connectivity index (χ1n) is 10.7. The van der Waals surface area contributed by atoms with Gasteiger partial charge in [-0.25, -0.2) is 4.98 Å². The third-order valence-electron chi connectivity index (χ3n) is 5.65. The van der Waals surface area contributed by atoms with Crippen LogP contribution in [0.25, 0.3) is 28.2 Å². The fourth-order valence-corrected chi connectivity index (χ4v) is 4.08. The normalized spacial score (nSPS) is 11.2. The van der Waals surface area contributed by atoms with Crippen molar-refractivity contribution in [2.24, 2.45) is 0 Å². The van der Waals surface area contributed by atoms with Gasteiger partial charge >= 0.3 is 0 Å². The smallest absolute Gasteiger partial charge is 0.205 e. The molecule has 5 rings (SSSR count). The van der Waals surface area contributed by atoms with Gasteiger partial charge in [-0.15, -0.1) is 10.2 Å². The molecule has 8 nitrogen and oxygen atoms in total. The molecule has 0 aliphatic rings. The van der Waals surface area contributed by atoms with Crippen LogP contribution in [0.15, 0.2) is 54.6 Å². The highest BCUT2D eigenvalue weighted by Gasteiger charge is 2.16. The van der Waals surface area contributed by atoms with Crippen LogP contribution in [-0.4, -0.2) is 42.3 Å². The molecule has 0 saturated heterocycles. The molecular weight excluding hydrogens is 400 g/mol. The van der Waals surface area contributed by atoms with Gasteiger partial charge in [-0.1, -0.05) is 55.5 Å². The van der Waals surface area contributed by atoms with Gasteiger partial charge in [0.1, 0.15) is 5.82 Å². The van der Waals surface area contributed by atoms with E-state index in [1.54, 1.807) is 0 Å². The van der Waals surface area contributed by atoms with Crippen molar-refractivity contribution in [1.82, 2.24) is 35.2 Å². The summed E-state index contributed by atoms with van der Waals surface area (Å²) >= 11 is 0. The number of rotatable bonds is 6. The Morgan fingerprint density at radius 3 is 2.50 bits per heavy atom. The first-order chi connectivity index (χ1) is 15.7. The number of hydrogen-bond donors (Lipinski definition) is 2. The van der Waals surface area contributed by atoms with E-state index in [0.717, 1.165) is 52.4 Å². The molecule has 160 valence electrons. The van der Waals surface area contributed by atoms with Gasteiger partial charge in [0.15, 0.2) is 5.65 Å². The SMILES string of the molecule is CCc1nn2c(NC)cc(C)nc2c1Cc1ccc(-c2ccccc2-c2nn[nH]n2)cc1. The molecule has 0 bridgehead atoms. The number of nitrogens with one attached hydrogen (secondary N) is 2. The van der Waals surface area contributed by atoms with E-state index < -0.39 is 0 Å². The molecule has 32 heavy (non-hydrogen) atoms. The standard InChI is InChI=1S/C24H24N8/c1-4-21-20(24-26-15(2)13-22(25-3)32(24)29-21)14-16-9-11-17(12-10-16)18-7-5-6-8-19(18)23-27-30-31-28-23/h5-13,25H,4,14H2,1-3H3,(H,27,28,30,31). The number of aromatic nitrogens is 7. The van der Waals surface area contributed by atoms with E-state index in [-0.39, 0.29) is 0 Å². The minimum atomic E-state index is 0.588. The second-order valence-electron chi connectivity index (χ2n) is 7.70. The summed E-state index contributed by atoms with van der Waals surface area (Å²) in [5, 5.41) is 22.5. The van der Waals surface area contributed by atoms with Gasteiger partial charge in [0.25, 0.3) is 0 Å². The van der Waals surface area contributed by atoms with Crippen LogP contribution in [0.2, 0.25) is 0 Å². The highest BCUT2D eigenvalue weighted by molar-refractivity contribution is 5.80. The number of tetrazole rings is 1. The van der Waals surface area contributed by atoms with E-state index in [0.29, 0.717) is 5.82 Å². The third kappa shape index (κ3) is 3.49. The molecule has 8 heteroatoms. The van der Waals surface area contributed by atoms with Crippen LogP contribution in [0.4, 0.5) is 5.82 Å². The van der Waals surface area contributed by atoms with Crippen LogP contribution in [-0.2, 0) is 12.8 Å². The lowest BCUT2D eigenvalue weighted by Gasteiger charge is -2.09. The number of anilines is 1. The molecule has 0 fully saturated rings. The second-order valence-corrected chi connectivity index (χ2v) is 7.70. The predicted molar refractivity (Wildman–Crippen MR) is 125 cm³/mol. The molecule has 2 aromatic carbocycles. The average molecular weight is 425 g/mol. The minimum Gasteiger partial charge on any atom is -0.373 e. The molecule has 0 amide bonds. The van der Waals surface area contributed by atoms with Crippen molar-refractivity contribution in [2.45, 2.75) is 26.7 Å². The Balaban J connectivity index is 1.51. The second kappa shape index (κ2) is 8.22. The zero-order chi connectivity index (χ0) is 22.1. The maximum absolute atomic E-state index is 4.81. The summed E-state index contributed by atoms with van der Waals surface area (Å²) in [6, 6.07) is 18.7. The van der Waals surface area contributed by atoms with E-state index >= 15 is 0 Å². The Kier molecular flexibility index (Phi) is 5.10. The van der Waals surface area contributed by atoms with Crippen LogP contribution in [0.1, 0.15) is 29.4 Å². The van der Waals surface area contributed by atoms with E-state index in [1.807, 2.05) is 42.8 Å². The Bertz CT molecular complexity index is 1370. The van der Waals surface area contributed by atoms with Crippen molar-refractivity contribution in [1.29, 1.82) is 0 Å². The number of hydrogen-bond acceptors (Lipinski definition) is 6. The molecule has 5 aromatic rings. The van der Waals surface area contributed by atoms with Crippen LogP contribution in [0, 0.1) is 6.92 Å². The van der Waals surface area contributed by atoms with Gasteiger partial charge in [0, 0.05) is 36.4 Å². The number of benzene rings is 2. The fraction of sp³-hybridized carbons (Fsp3) is 0.208. The van der Waals surface area contributed by atoms with Crippen molar-refractivity contribution in [3.63, 3.8) is 0 Å². The lowest BCUT2D eigenvalue weighted by molar-refractivity contribution is 0.881. The number of H-pyrrole nitrogens is 1. The third-order valence-corrected chi connectivity index (χ3v) is 5.65. The van der Waals surface area contributed by atoms with Gasteiger partial charge in [0.05, 0.1) is 5.69 Å². The van der Waals surface area contributed by atoms with Crippen molar-refractivity contribution >= 4 is 11.5 Å². The number of aromatic amines is 1. The Hall–Kier alpha value is -4.07. The highest BCUT2D eigenvalue weighted by Crippen LogP contribution is 2.30. The Labute approximate surface area is 185 Å². The topological polar surface area (TPSA) is 96.7 Å². The number of aryl methyl sites for hydroxylation is 2. The first-order valence-corrected chi connectivity index (χ1v) is 10.7. The molecule has 0 unspecified atom stereocenters. The summed E-state index contributed by atoms with van der Waals surface area (Å²) in [5.74, 6) is 1.53. The zero-order valence-electron chi connectivity index (χ0n) is 18.3. The predicted octanol–water partition coefficient (Wildman–Crippen LogP) is 4.08. The van der Waals surface area contributed by atoms with Gasteiger partial charge in [-0.2, -0.15) is 14.8 Å². The number of nitrogens with zero attached hydrogens (tertiary/aromatic N) is 6. The van der Waals surface area contributed by atoms with Crippen molar-refractivity contribution in [3.05, 3.63) is 77.1 Å².